The molecule has 1 N–H and O–H groups in total. The van der Waals surface area contributed by atoms with Gasteiger partial charge < -0.3 is 5.32 Å². The van der Waals surface area contributed by atoms with Crippen molar-refractivity contribution >= 4 is 17.2 Å². The highest BCUT2D eigenvalue weighted by Gasteiger charge is 2.24. The molecule has 6 heteroatoms. The second kappa shape index (κ2) is 7.27. The van der Waals surface area contributed by atoms with Crippen molar-refractivity contribution in [1.29, 1.82) is 0 Å². The van der Waals surface area contributed by atoms with Crippen molar-refractivity contribution in [2.24, 2.45) is 0 Å². The number of amides is 1. The third-order valence-corrected chi connectivity index (χ3v) is 5.32. The summed E-state index contributed by atoms with van der Waals surface area (Å²) in [7, 11) is 0. The van der Waals surface area contributed by atoms with E-state index in [0.717, 1.165) is 24.5 Å². The van der Waals surface area contributed by atoms with Gasteiger partial charge in [-0.1, -0.05) is 6.07 Å². The monoisotopic (exact) mass is 332 g/mol. The maximum atomic E-state index is 12.3. The Balaban J connectivity index is 1.60. The molecule has 5 nitrogen and oxygen atoms in total. The molecule has 2 aromatic rings. The number of nitrogens with zero attached hydrogens (tertiary/aromatic N) is 3. The first-order chi connectivity index (χ1) is 11.1. The summed E-state index contributed by atoms with van der Waals surface area (Å²) in [6.07, 6.45) is 2.50. The molecule has 1 amide bonds. The Morgan fingerprint density at radius 3 is 2.78 bits per heavy atom. The van der Waals surface area contributed by atoms with Crippen LogP contribution in [0.1, 0.15) is 35.1 Å². The number of nitrogens with one attached hydrogen (secondary N) is 1. The van der Waals surface area contributed by atoms with Crippen molar-refractivity contribution in [2.75, 3.05) is 19.6 Å². The van der Waals surface area contributed by atoms with Crippen LogP contribution in [0.3, 0.4) is 0 Å². The van der Waals surface area contributed by atoms with E-state index in [-0.39, 0.29) is 12.5 Å². The first-order valence-electron chi connectivity index (χ1n) is 8.18. The lowest BCUT2D eigenvalue weighted by Gasteiger charge is -2.27. The van der Waals surface area contributed by atoms with Crippen molar-refractivity contribution in [3.63, 3.8) is 0 Å². The number of thiophene rings is 1. The number of hydrogen-bond acceptors (Lipinski definition) is 4. The Bertz CT molecular complexity index is 644. The maximum absolute atomic E-state index is 12.3. The highest BCUT2D eigenvalue weighted by atomic mass is 32.1. The third kappa shape index (κ3) is 4.00. The molecule has 1 aliphatic rings. The van der Waals surface area contributed by atoms with Gasteiger partial charge in [0, 0.05) is 17.1 Å². The summed E-state index contributed by atoms with van der Waals surface area (Å²) in [5, 5.41) is 9.56. The van der Waals surface area contributed by atoms with Gasteiger partial charge in [-0.2, -0.15) is 5.10 Å². The van der Waals surface area contributed by atoms with Crippen LogP contribution in [0.15, 0.2) is 23.6 Å². The summed E-state index contributed by atoms with van der Waals surface area (Å²) in [6.45, 7) is 7.12. The van der Waals surface area contributed by atoms with Crippen LogP contribution in [0.2, 0.25) is 0 Å². The van der Waals surface area contributed by atoms with Crippen LogP contribution in [0.25, 0.3) is 0 Å². The SMILES string of the molecule is Cc1cc(C)n(CC(=O)NCC(c2cccs2)N2CCCC2)n1. The summed E-state index contributed by atoms with van der Waals surface area (Å²) in [5.41, 5.74) is 1.97. The van der Waals surface area contributed by atoms with Crippen LogP contribution in [-0.2, 0) is 11.3 Å². The third-order valence-electron chi connectivity index (χ3n) is 4.34. The van der Waals surface area contributed by atoms with Gasteiger partial charge >= 0.3 is 0 Å². The molecule has 124 valence electrons. The Morgan fingerprint density at radius 2 is 2.17 bits per heavy atom. The Morgan fingerprint density at radius 1 is 1.39 bits per heavy atom. The lowest BCUT2D eigenvalue weighted by Crippen LogP contribution is -2.38. The molecule has 3 heterocycles. The summed E-state index contributed by atoms with van der Waals surface area (Å²) in [4.78, 5) is 16.1. The summed E-state index contributed by atoms with van der Waals surface area (Å²) >= 11 is 1.77. The molecule has 23 heavy (non-hydrogen) atoms. The molecular formula is C17H24N4OS. The molecule has 3 rings (SSSR count). The molecule has 1 unspecified atom stereocenters. The second-order valence-corrected chi connectivity index (χ2v) is 7.14. The average Bonchev–Trinajstić information content (AvgIpc) is 3.24. The topological polar surface area (TPSA) is 50.2 Å². The first kappa shape index (κ1) is 16.2. The number of aryl methyl sites for hydroxylation is 2. The number of carbonyl (C=O) groups excluding carboxylic acids is 1. The predicted octanol–water partition coefficient (Wildman–Crippen LogP) is 2.51. The molecule has 1 aliphatic heterocycles. The fraction of sp³-hybridized carbons (Fsp3) is 0.529. The molecular weight excluding hydrogens is 308 g/mol. The van der Waals surface area contributed by atoms with Gasteiger partial charge in [-0.25, -0.2) is 0 Å². The van der Waals surface area contributed by atoms with Gasteiger partial charge in [-0.3, -0.25) is 14.4 Å². The summed E-state index contributed by atoms with van der Waals surface area (Å²) in [6, 6.07) is 6.54. The van der Waals surface area contributed by atoms with E-state index < -0.39 is 0 Å². The lowest BCUT2D eigenvalue weighted by atomic mass is 10.2. The van der Waals surface area contributed by atoms with Gasteiger partial charge in [-0.05, 0) is 57.3 Å². The van der Waals surface area contributed by atoms with Gasteiger partial charge in [-0.15, -0.1) is 11.3 Å². The fourth-order valence-corrected chi connectivity index (χ4v) is 4.04. The molecule has 1 fully saturated rings. The largest absolute Gasteiger partial charge is 0.353 e. The van der Waals surface area contributed by atoms with E-state index >= 15 is 0 Å². The first-order valence-corrected chi connectivity index (χ1v) is 9.06. The Labute approximate surface area is 141 Å². The van der Waals surface area contributed by atoms with Gasteiger partial charge in [0.15, 0.2) is 0 Å². The fourth-order valence-electron chi connectivity index (χ4n) is 3.18. The van der Waals surface area contributed by atoms with Gasteiger partial charge in [0.05, 0.1) is 11.7 Å². The number of likely N-dealkylation sites (tertiary alicyclic amines) is 1. The van der Waals surface area contributed by atoms with Crippen LogP contribution in [0.5, 0.6) is 0 Å². The minimum Gasteiger partial charge on any atom is -0.353 e. The molecule has 0 spiro atoms. The minimum atomic E-state index is 0.0250. The maximum Gasteiger partial charge on any atom is 0.241 e. The van der Waals surface area contributed by atoms with Crippen molar-refractivity contribution in [2.45, 2.75) is 39.3 Å². The summed E-state index contributed by atoms with van der Waals surface area (Å²) in [5.74, 6) is 0.0250. The molecule has 0 saturated carbocycles. The molecule has 0 bridgehead atoms. The van der Waals surface area contributed by atoms with Gasteiger partial charge in [0.1, 0.15) is 6.54 Å². The van der Waals surface area contributed by atoms with Crippen molar-refractivity contribution in [1.82, 2.24) is 20.0 Å². The van der Waals surface area contributed by atoms with Gasteiger partial charge in [0.2, 0.25) is 5.91 Å². The van der Waals surface area contributed by atoms with Crippen LogP contribution >= 0.6 is 11.3 Å². The molecule has 0 aliphatic carbocycles. The van der Waals surface area contributed by atoms with Crippen LogP contribution in [0.4, 0.5) is 0 Å². The Hall–Kier alpha value is -1.66. The van der Waals surface area contributed by atoms with Crippen LogP contribution in [-0.4, -0.2) is 40.2 Å². The van der Waals surface area contributed by atoms with Crippen molar-refractivity contribution in [3.05, 3.63) is 39.8 Å². The number of carbonyl (C=O) groups is 1. The zero-order valence-corrected chi connectivity index (χ0v) is 14.6. The molecule has 0 radical (unpaired) electrons. The quantitative estimate of drug-likeness (QED) is 0.884. The molecule has 1 saturated heterocycles. The average molecular weight is 332 g/mol. The second-order valence-electron chi connectivity index (χ2n) is 6.16. The van der Waals surface area contributed by atoms with Crippen molar-refractivity contribution in [3.8, 4) is 0 Å². The van der Waals surface area contributed by atoms with E-state index in [9.17, 15) is 4.79 Å². The number of rotatable bonds is 6. The standard InChI is InChI=1S/C17H24N4OS/c1-13-10-14(2)21(19-13)12-17(22)18-11-15(16-6-5-9-23-16)20-7-3-4-8-20/h5-6,9-10,15H,3-4,7-8,11-12H2,1-2H3,(H,18,22). The number of hydrogen-bond donors (Lipinski definition) is 1. The van der Waals surface area contributed by atoms with Crippen LogP contribution in [0, 0.1) is 13.8 Å². The van der Waals surface area contributed by atoms with E-state index in [2.05, 4.69) is 32.8 Å². The smallest absolute Gasteiger partial charge is 0.241 e. The van der Waals surface area contributed by atoms with E-state index in [4.69, 9.17) is 0 Å². The summed E-state index contributed by atoms with van der Waals surface area (Å²) < 4.78 is 1.76. The van der Waals surface area contributed by atoms with E-state index in [1.165, 1.54) is 17.7 Å². The molecule has 2 aromatic heterocycles. The van der Waals surface area contributed by atoms with Crippen molar-refractivity contribution < 1.29 is 4.79 Å². The number of aromatic nitrogens is 2. The zero-order valence-electron chi connectivity index (χ0n) is 13.8. The minimum absolute atomic E-state index is 0.0250. The van der Waals surface area contributed by atoms with E-state index in [1.807, 2.05) is 19.9 Å². The van der Waals surface area contributed by atoms with E-state index in [1.54, 1.807) is 16.0 Å². The molecule has 1 atom stereocenters. The normalized spacial score (nSPS) is 16.6. The predicted molar refractivity (Wildman–Crippen MR) is 92.6 cm³/mol. The highest BCUT2D eigenvalue weighted by Crippen LogP contribution is 2.27. The van der Waals surface area contributed by atoms with Crippen LogP contribution < -0.4 is 5.32 Å². The zero-order chi connectivity index (χ0) is 16.2. The van der Waals surface area contributed by atoms with Gasteiger partial charge in [0.25, 0.3) is 0 Å². The highest BCUT2D eigenvalue weighted by molar-refractivity contribution is 7.10. The Kier molecular flexibility index (Phi) is 5.13. The molecule has 0 aromatic carbocycles. The van der Waals surface area contributed by atoms with E-state index in [0.29, 0.717) is 12.6 Å². The lowest BCUT2D eigenvalue weighted by molar-refractivity contribution is -0.122.